The molecule has 2 N–H and O–H groups in total. The number of piperidine rings is 1. The lowest BCUT2D eigenvalue weighted by Gasteiger charge is -2.41. The first-order chi connectivity index (χ1) is 13.9. The van der Waals surface area contributed by atoms with Gasteiger partial charge in [0.15, 0.2) is 0 Å². The maximum absolute atomic E-state index is 11.9. The number of carbonyl (C=O) groups excluding carboxylic acids is 1. The van der Waals surface area contributed by atoms with Gasteiger partial charge in [-0.05, 0) is 31.9 Å². The van der Waals surface area contributed by atoms with Gasteiger partial charge in [0.2, 0.25) is 0 Å². The highest BCUT2D eigenvalue weighted by atomic mass is 16.6. The molecule has 162 valence electrons. The van der Waals surface area contributed by atoms with Crippen LogP contribution >= 0.6 is 0 Å². The van der Waals surface area contributed by atoms with Gasteiger partial charge in [-0.15, -0.1) is 0 Å². The lowest BCUT2D eigenvalue weighted by atomic mass is 9.90. The summed E-state index contributed by atoms with van der Waals surface area (Å²) in [6.07, 6.45) is 0.620. The average molecular weight is 408 g/mol. The molecule has 2 saturated heterocycles. The molecule has 1 aromatic carbocycles. The number of ether oxygens (including phenoxy) is 3. The van der Waals surface area contributed by atoms with E-state index >= 15 is 0 Å². The number of para-hydroxylation sites is 1. The van der Waals surface area contributed by atoms with Crippen molar-refractivity contribution >= 4 is 6.09 Å². The summed E-state index contributed by atoms with van der Waals surface area (Å²) in [5.74, 6) is 0.696. The number of β-amino-alcohol motifs (C(OH)–C–C–N with tert-alkyl or cyclic N) is 2. The van der Waals surface area contributed by atoms with Gasteiger partial charge < -0.3 is 29.3 Å². The number of nitrogens with zero attached hydrogens (tertiary/aromatic N) is 2. The van der Waals surface area contributed by atoms with E-state index in [1.54, 1.807) is 11.8 Å². The van der Waals surface area contributed by atoms with Crippen LogP contribution in [0.1, 0.15) is 19.8 Å². The number of hydrogen-bond donors (Lipinski definition) is 2. The van der Waals surface area contributed by atoms with Crippen LogP contribution in [0.3, 0.4) is 0 Å². The van der Waals surface area contributed by atoms with E-state index in [0.29, 0.717) is 64.5 Å². The molecule has 1 amide bonds. The van der Waals surface area contributed by atoms with Gasteiger partial charge in [-0.1, -0.05) is 18.2 Å². The smallest absolute Gasteiger partial charge is 0.409 e. The van der Waals surface area contributed by atoms with E-state index in [9.17, 15) is 15.0 Å². The Morgan fingerprint density at radius 1 is 1.14 bits per heavy atom. The lowest BCUT2D eigenvalue weighted by Crippen LogP contribution is -2.55. The molecule has 2 fully saturated rings. The molecule has 0 saturated carbocycles. The van der Waals surface area contributed by atoms with E-state index in [4.69, 9.17) is 14.2 Å². The van der Waals surface area contributed by atoms with Crippen molar-refractivity contribution in [2.75, 3.05) is 59.2 Å². The van der Waals surface area contributed by atoms with Crippen LogP contribution in [0.4, 0.5) is 4.79 Å². The van der Waals surface area contributed by atoms with Crippen LogP contribution in [0.2, 0.25) is 0 Å². The van der Waals surface area contributed by atoms with Crippen molar-refractivity contribution in [3.63, 3.8) is 0 Å². The van der Waals surface area contributed by atoms with Crippen LogP contribution in [-0.4, -0.2) is 96.5 Å². The summed E-state index contributed by atoms with van der Waals surface area (Å²) in [6, 6.07) is 9.37. The van der Waals surface area contributed by atoms with Gasteiger partial charge in [0.1, 0.15) is 18.0 Å². The molecule has 1 atom stereocenters. The van der Waals surface area contributed by atoms with Crippen molar-refractivity contribution in [3.8, 4) is 5.75 Å². The Kier molecular flexibility index (Phi) is 7.34. The molecule has 0 radical (unpaired) electrons. The number of rotatable bonds is 6. The summed E-state index contributed by atoms with van der Waals surface area (Å²) in [6.45, 7) is 5.22. The summed E-state index contributed by atoms with van der Waals surface area (Å²) in [7, 11) is 0. The second-order valence-electron chi connectivity index (χ2n) is 8.00. The second-order valence-corrected chi connectivity index (χ2v) is 8.00. The zero-order valence-electron chi connectivity index (χ0n) is 17.1. The molecule has 0 aromatic heterocycles. The fraction of sp³-hybridized carbons (Fsp3) is 0.667. The maximum Gasteiger partial charge on any atom is 0.409 e. The van der Waals surface area contributed by atoms with Gasteiger partial charge in [-0.25, -0.2) is 4.79 Å². The number of amides is 1. The highest BCUT2D eigenvalue weighted by molar-refractivity contribution is 5.67. The average Bonchev–Trinajstić information content (AvgIpc) is 2.89. The molecule has 2 aliphatic rings. The highest BCUT2D eigenvalue weighted by Crippen LogP contribution is 2.26. The molecule has 0 aliphatic carbocycles. The SMILES string of the molecule is CCOC(=O)N1CCC(O)(CN2CCOC[C@@](O)(COc3ccccc3)C2)CC1. The predicted molar refractivity (Wildman–Crippen MR) is 107 cm³/mol. The van der Waals surface area contributed by atoms with Crippen LogP contribution in [0.15, 0.2) is 30.3 Å². The third-order valence-electron chi connectivity index (χ3n) is 5.43. The van der Waals surface area contributed by atoms with E-state index in [-0.39, 0.29) is 19.3 Å². The van der Waals surface area contributed by atoms with Crippen LogP contribution in [0.25, 0.3) is 0 Å². The Bertz CT molecular complexity index is 650. The fourth-order valence-corrected chi connectivity index (χ4v) is 3.85. The quantitative estimate of drug-likeness (QED) is 0.729. The molecular weight excluding hydrogens is 376 g/mol. The Morgan fingerprint density at radius 3 is 2.55 bits per heavy atom. The zero-order valence-corrected chi connectivity index (χ0v) is 17.1. The summed E-state index contributed by atoms with van der Waals surface area (Å²) in [5.41, 5.74) is -2.07. The van der Waals surface area contributed by atoms with E-state index in [1.807, 2.05) is 35.2 Å². The molecule has 0 unspecified atom stereocenters. The minimum absolute atomic E-state index is 0.114. The van der Waals surface area contributed by atoms with E-state index in [0.717, 1.165) is 0 Å². The number of hydrogen-bond acceptors (Lipinski definition) is 7. The number of likely N-dealkylation sites (tertiary alicyclic amines) is 1. The van der Waals surface area contributed by atoms with Crippen molar-refractivity contribution < 1.29 is 29.2 Å². The molecule has 2 aliphatic heterocycles. The third kappa shape index (κ3) is 6.30. The van der Waals surface area contributed by atoms with Crippen LogP contribution in [0.5, 0.6) is 5.75 Å². The highest BCUT2D eigenvalue weighted by Gasteiger charge is 2.39. The molecule has 0 spiro atoms. The van der Waals surface area contributed by atoms with Crippen molar-refractivity contribution in [2.24, 2.45) is 0 Å². The minimum Gasteiger partial charge on any atom is -0.490 e. The Hall–Kier alpha value is -1.87. The Balaban J connectivity index is 1.54. The second kappa shape index (κ2) is 9.75. The summed E-state index contributed by atoms with van der Waals surface area (Å²) >= 11 is 0. The summed E-state index contributed by atoms with van der Waals surface area (Å²) in [5, 5.41) is 22.1. The minimum atomic E-state index is -1.16. The van der Waals surface area contributed by atoms with E-state index in [1.165, 1.54) is 0 Å². The Morgan fingerprint density at radius 2 is 1.86 bits per heavy atom. The van der Waals surface area contributed by atoms with Gasteiger partial charge in [0.25, 0.3) is 0 Å². The zero-order chi connectivity index (χ0) is 20.7. The van der Waals surface area contributed by atoms with Crippen LogP contribution in [-0.2, 0) is 9.47 Å². The molecule has 1 aromatic rings. The van der Waals surface area contributed by atoms with Crippen LogP contribution < -0.4 is 4.74 Å². The first-order valence-corrected chi connectivity index (χ1v) is 10.3. The van der Waals surface area contributed by atoms with E-state index in [2.05, 4.69) is 0 Å². The van der Waals surface area contributed by atoms with Crippen molar-refractivity contribution in [1.29, 1.82) is 0 Å². The molecule has 3 rings (SSSR count). The maximum atomic E-state index is 11.9. The largest absolute Gasteiger partial charge is 0.490 e. The molecule has 0 bridgehead atoms. The third-order valence-corrected chi connectivity index (χ3v) is 5.43. The monoisotopic (exact) mass is 408 g/mol. The topological polar surface area (TPSA) is 91.7 Å². The van der Waals surface area contributed by atoms with Crippen LogP contribution in [0, 0.1) is 0 Å². The standard InChI is InChI=1S/C21H32N2O6/c1-2-28-19(24)23-10-8-20(25,9-11-23)14-22-12-13-27-16-21(26,15-22)17-29-18-6-4-3-5-7-18/h3-7,25-26H,2,8-17H2,1H3/t21-/m1/s1. The lowest BCUT2D eigenvalue weighted by molar-refractivity contribution is -0.0790. The van der Waals surface area contributed by atoms with Gasteiger partial charge in [0.05, 0.1) is 25.4 Å². The first kappa shape index (κ1) is 21.8. The first-order valence-electron chi connectivity index (χ1n) is 10.3. The molecular formula is C21H32N2O6. The Labute approximate surface area is 172 Å². The normalized spacial score (nSPS) is 25.3. The molecule has 29 heavy (non-hydrogen) atoms. The molecule has 8 heteroatoms. The molecule has 2 heterocycles. The number of carbonyl (C=O) groups is 1. The van der Waals surface area contributed by atoms with Crippen molar-refractivity contribution in [2.45, 2.75) is 31.0 Å². The van der Waals surface area contributed by atoms with Crippen molar-refractivity contribution in [3.05, 3.63) is 30.3 Å². The molecule has 8 nitrogen and oxygen atoms in total. The van der Waals surface area contributed by atoms with Gasteiger partial charge in [-0.3, -0.25) is 4.90 Å². The summed E-state index contributed by atoms with van der Waals surface area (Å²) in [4.78, 5) is 15.5. The van der Waals surface area contributed by atoms with Crippen molar-refractivity contribution in [1.82, 2.24) is 9.80 Å². The van der Waals surface area contributed by atoms with E-state index < -0.39 is 11.2 Å². The summed E-state index contributed by atoms with van der Waals surface area (Å²) < 4.78 is 16.4. The predicted octanol–water partition coefficient (Wildman–Crippen LogP) is 1.11. The fourth-order valence-electron chi connectivity index (χ4n) is 3.85. The van der Waals surface area contributed by atoms with Gasteiger partial charge >= 0.3 is 6.09 Å². The number of benzene rings is 1. The van der Waals surface area contributed by atoms with Gasteiger partial charge in [0, 0.05) is 32.7 Å². The number of aliphatic hydroxyl groups is 2. The van der Waals surface area contributed by atoms with Gasteiger partial charge in [-0.2, -0.15) is 0 Å².